The van der Waals surface area contributed by atoms with Crippen molar-refractivity contribution in [3.63, 3.8) is 0 Å². The van der Waals surface area contributed by atoms with Gasteiger partial charge in [-0.25, -0.2) is 13.4 Å². The average molecular weight is 475 g/mol. The third kappa shape index (κ3) is 4.52. The van der Waals surface area contributed by atoms with Crippen LogP contribution >= 0.6 is 11.6 Å². The van der Waals surface area contributed by atoms with Gasteiger partial charge in [0.05, 0.1) is 22.8 Å². The molecule has 0 spiro atoms. The van der Waals surface area contributed by atoms with E-state index < -0.39 is 9.84 Å². The SMILES string of the molecule is CCS(=O)(=O)c1cnc2c(c1)-c1cn(C)c(=O)cc1OCCCCc1cc(Cl)ccc1O2. The van der Waals surface area contributed by atoms with Gasteiger partial charge in [0.1, 0.15) is 11.5 Å². The van der Waals surface area contributed by atoms with Crippen LogP contribution in [-0.4, -0.2) is 30.3 Å². The fourth-order valence-electron chi connectivity index (χ4n) is 3.53. The summed E-state index contributed by atoms with van der Waals surface area (Å²) in [6.45, 7) is 1.98. The maximum absolute atomic E-state index is 12.6. The summed E-state index contributed by atoms with van der Waals surface area (Å²) in [5.41, 5.74) is 1.64. The van der Waals surface area contributed by atoms with Crippen molar-refractivity contribution in [2.45, 2.75) is 31.1 Å². The Morgan fingerprint density at radius 1 is 1.12 bits per heavy atom. The van der Waals surface area contributed by atoms with Gasteiger partial charge in [-0.05, 0) is 49.1 Å². The van der Waals surface area contributed by atoms with Crippen molar-refractivity contribution in [1.82, 2.24) is 9.55 Å². The fraction of sp³-hybridized carbons (Fsp3) is 0.304. The fourth-order valence-corrected chi connectivity index (χ4v) is 4.56. The van der Waals surface area contributed by atoms with Crippen LogP contribution in [0.2, 0.25) is 5.02 Å². The van der Waals surface area contributed by atoms with E-state index in [1.165, 1.54) is 22.9 Å². The number of ether oxygens (including phenoxy) is 2. The lowest BCUT2D eigenvalue weighted by molar-refractivity contribution is 0.306. The first-order valence-corrected chi connectivity index (χ1v) is 12.3. The molecular weight excluding hydrogens is 452 g/mol. The first-order chi connectivity index (χ1) is 15.3. The summed E-state index contributed by atoms with van der Waals surface area (Å²) in [5.74, 6) is 1.12. The van der Waals surface area contributed by atoms with Gasteiger partial charge in [-0.1, -0.05) is 18.5 Å². The first kappa shape index (κ1) is 22.4. The predicted molar refractivity (Wildman–Crippen MR) is 123 cm³/mol. The van der Waals surface area contributed by atoms with Crippen LogP contribution in [0, 0.1) is 0 Å². The molecule has 4 rings (SSSR count). The van der Waals surface area contributed by atoms with E-state index in [2.05, 4.69) is 4.98 Å². The molecule has 9 heteroatoms. The van der Waals surface area contributed by atoms with E-state index in [0.717, 1.165) is 24.8 Å². The lowest BCUT2D eigenvalue weighted by Crippen LogP contribution is -2.16. The lowest BCUT2D eigenvalue weighted by atomic mass is 10.1. The average Bonchev–Trinajstić information content (AvgIpc) is 2.76. The highest BCUT2D eigenvalue weighted by Gasteiger charge is 2.22. The molecule has 3 heterocycles. The van der Waals surface area contributed by atoms with Crippen LogP contribution in [0.1, 0.15) is 25.3 Å². The van der Waals surface area contributed by atoms with E-state index in [9.17, 15) is 13.2 Å². The van der Waals surface area contributed by atoms with Crippen molar-refractivity contribution in [3.8, 4) is 28.5 Å². The summed E-state index contributed by atoms with van der Waals surface area (Å²) in [5, 5.41) is 0.605. The zero-order chi connectivity index (χ0) is 22.9. The van der Waals surface area contributed by atoms with Gasteiger partial charge in [-0.15, -0.1) is 0 Å². The van der Waals surface area contributed by atoms with Gasteiger partial charge in [-0.2, -0.15) is 0 Å². The van der Waals surface area contributed by atoms with E-state index in [1.54, 1.807) is 32.3 Å². The minimum Gasteiger partial charge on any atom is -0.493 e. The molecule has 0 atom stereocenters. The van der Waals surface area contributed by atoms with Gasteiger partial charge in [0.15, 0.2) is 9.84 Å². The molecule has 3 aromatic rings. The van der Waals surface area contributed by atoms with Crippen LogP contribution < -0.4 is 15.0 Å². The zero-order valence-corrected chi connectivity index (χ0v) is 19.4. The molecule has 1 aliphatic rings. The van der Waals surface area contributed by atoms with Gasteiger partial charge in [0, 0.05) is 36.1 Å². The number of aryl methyl sites for hydroxylation is 2. The number of halogens is 1. The third-order valence-electron chi connectivity index (χ3n) is 5.37. The van der Waals surface area contributed by atoms with Crippen molar-refractivity contribution >= 4 is 21.4 Å². The predicted octanol–water partition coefficient (Wildman–Crippen LogP) is 4.40. The standard InChI is InChI=1S/C23H23ClN2O5S/c1-3-32(28,29)17-11-18-19-14-26(2)22(27)12-21(19)30-9-5-4-6-15-10-16(24)7-8-20(15)31-23(18)25-13-17/h7-8,10-14H,3-6,9H2,1-2H3. The molecule has 168 valence electrons. The highest BCUT2D eigenvalue weighted by molar-refractivity contribution is 7.91. The van der Waals surface area contributed by atoms with Gasteiger partial charge in [0.2, 0.25) is 5.88 Å². The second kappa shape index (κ2) is 8.96. The second-order valence-corrected chi connectivity index (χ2v) is 10.3. The quantitative estimate of drug-likeness (QED) is 0.547. The molecule has 0 fully saturated rings. The number of pyridine rings is 2. The number of fused-ring (bicyclic) bond motifs is 4. The van der Waals surface area contributed by atoms with E-state index >= 15 is 0 Å². The Kier molecular flexibility index (Phi) is 6.26. The first-order valence-electron chi connectivity index (χ1n) is 10.3. The van der Waals surface area contributed by atoms with E-state index in [0.29, 0.717) is 34.3 Å². The molecule has 0 aliphatic carbocycles. The smallest absolute Gasteiger partial charge is 0.254 e. The van der Waals surface area contributed by atoms with E-state index in [1.807, 2.05) is 6.07 Å². The van der Waals surface area contributed by atoms with Crippen LogP contribution in [-0.2, 0) is 23.3 Å². The van der Waals surface area contributed by atoms with Gasteiger partial charge in [-0.3, -0.25) is 4.79 Å². The number of rotatable bonds is 2. The third-order valence-corrected chi connectivity index (χ3v) is 7.31. The topological polar surface area (TPSA) is 87.5 Å². The molecule has 7 nitrogen and oxygen atoms in total. The number of nitrogens with zero attached hydrogens (tertiary/aromatic N) is 2. The lowest BCUT2D eigenvalue weighted by Gasteiger charge is -2.19. The highest BCUT2D eigenvalue weighted by atomic mass is 35.5. The molecule has 0 unspecified atom stereocenters. The molecule has 1 aliphatic heterocycles. The van der Waals surface area contributed by atoms with Crippen molar-refractivity contribution in [1.29, 1.82) is 0 Å². The van der Waals surface area contributed by atoms with E-state index in [4.69, 9.17) is 21.1 Å². The summed E-state index contributed by atoms with van der Waals surface area (Å²) < 4.78 is 38.6. The molecule has 0 saturated heterocycles. The number of sulfone groups is 1. The van der Waals surface area contributed by atoms with Crippen molar-refractivity contribution in [3.05, 3.63) is 63.7 Å². The summed E-state index contributed by atoms with van der Waals surface area (Å²) >= 11 is 6.19. The largest absolute Gasteiger partial charge is 0.493 e. The molecule has 1 aromatic carbocycles. The van der Waals surface area contributed by atoms with Crippen molar-refractivity contribution in [2.75, 3.05) is 12.4 Å². The van der Waals surface area contributed by atoms with Crippen LogP contribution in [0.25, 0.3) is 11.1 Å². The zero-order valence-electron chi connectivity index (χ0n) is 17.8. The maximum atomic E-state index is 12.6. The van der Waals surface area contributed by atoms with Gasteiger partial charge >= 0.3 is 0 Å². The Labute approximate surface area is 191 Å². The molecule has 0 radical (unpaired) electrons. The highest BCUT2D eigenvalue weighted by Crippen LogP contribution is 2.39. The summed E-state index contributed by atoms with van der Waals surface area (Å²) in [6, 6.07) is 8.30. The summed E-state index contributed by atoms with van der Waals surface area (Å²) in [7, 11) is -1.89. The van der Waals surface area contributed by atoms with Crippen molar-refractivity contribution < 1.29 is 17.9 Å². The number of hydrogen-bond acceptors (Lipinski definition) is 6. The van der Waals surface area contributed by atoms with E-state index in [-0.39, 0.29) is 22.1 Å². The van der Waals surface area contributed by atoms with Gasteiger partial charge < -0.3 is 14.0 Å². The van der Waals surface area contributed by atoms with Crippen LogP contribution in [0.15, 0.2) is 52.4 Å². The molecule has 0 N–H and O–H groups in total. The number of hydrogen-bond donors (Lipinski definition) is 0. The number of aromatic nitrogens is 2. The van der Waals surface area contributed by atoms with Crippen LogP contribution in [0.3, 0.4) is 0 Å². The number of benzene rings is 1. The molecule has 2 aromatic heterocycles. The Hall–Kier alpha value is -2.84. The molecule has 0 bridgehead atoms. The molecule has 0 amide bonds. The maximum Gasteiger partial charge on any atom is 0.254 e. The van der Waals surface area contributed by atoms with Gasteiger partial charge in [0.25, 0.3) is 5.56 Å². The van der Waals surface area contributed by atoms with Crippen LogP contribution in [0.4, 0.5) is 0 Å². The summed E-state index contributed by atoms with van der Waals surface area (Å²) in [4.78, 5) is 16.7. The second-order valence-electron chi connectivity index (χ2n) is 7.59. The minimum atomic E-state index is -3.51. The molecule has 32 heavy (non-hydrogen) atoms. The Morgan fingerprint density at radius 3 is 2.72 bits per heavy atom. The molecule has 0 saturated carbocycles. The van der Waals surface area contributed by atoms with Crippen LogP contribution in [0.5, 0.6) is 17.4 Å². The minimum absolute atomic E-state index is 0.0632. The monoisotopic (exact) mass is 474 g/mol. The Balaban J connectivity index is 1.98. The van der Waals surface area contributed by atoms with Crippen molar-refractivity contribution in [2.24, 2.45) is 7.05 Å². The Bertz CT molecular complexity index is 1330. The Morgan fingerprint density at radius 2 is 1.94 bits per heavy atom. The normalized spacial score (nSPS) is 14.0. The molecular formula is C23H23ClN2O5S. The summed E-state index contributed by atoms with van der Waals surface area (Å²) in [6.07, 6.45) is 5.22.